The van der Waals surface area contributed by atoms with Gasteiger partial charge in [0, 0.05) is 37.3 Å². The van der Waals surface area contributed by atoms with Crippen LogP contribution in [0.1, 0.15) is 70.7 Å². The summed E-state index contributed by atoms with van der Waals surface area (Å²) >= 11 is 0. The van der Waals surface area contributed by atoms with E-state index in [1.807, 2.05) is 26.8 Å². The molecule has 40 heavy (non-hydrogen) atoms. The Balaban J connectivity index is 1.55. The molecule has 0 spiro atoms. The van der Waals surface area contributed by atoms with Crippen molar-refractivity contribution in [3.8, 4) is 5.75 Å². The fourth-order valence-corrected chi connectivity index (χ4v) is 5.60. The molecule has 1 fully saturated rings. The van der Waals surface area contributed by atoms with Crippen LogP contribution in [0.5, 0.6) is 5.75 Å². The van der Waals surface area contributed by atoms with Crippen molar-refractivity contribution in [3.63, 3.8) is 0 Å². The van der Waals surface area contributed by atoms with E-state index < -0.39 is 5.41 Å². The van der Waals surface area contributed by atoms with E-state index in [2.05, 4.69) is 53.4 Å². The van der Waals surface area contributed by atoms with E-state index in [-0.39, 0.29) is 23.9 Å². The van der Waals surface area contributed by atoms with Gasteiger partial charge in [-0.2, -0.15) is 4.98 Å². The molecule has 1 aliphatic heterocycles. The Labute approximate surface area is 238 Å². The molecule has 2 heterocycles. The summed E-state index contributed by atoms with van der Waals surface area (Å²) in [6, 6.07) is 6.30. The van der Waals surface area contributed by atoms with E-state index in [0.29, 0.717) is 53.6 Å². The maximum absolute atomic E-state index is 13.1. The predicted molar refractivity (Wildman–Crippen MR) is 160 cm³/mol. The van der Waals surface area contributed by atoms with Crippen molar-refractivity contribution >= 4 is 35.0 Å². The Hall–Kier alpha value is -3.40. The van der Waals surface area contributed by atoms with Gasteiger partial charge in [-0.3, -0.25) is 9.59 Å². The van der Waals surface area contributed by atoms with Gasteiger partial charge in [0.2, 0.25) is 11.9 Å². The van der Waals surface area contributed by atoms with Crippen LogP contribution in [-0.2, 0) is 4.79 Å². The number of carbonyl (C=O) groups is 2. The largest absolute Gasteiger partial charge is 0.492 e. The van der Waals surface area contributed by atoms with Gasteiger partial charge >= 0.3 is 0 Å². The van der Waals surface area contributed by atoms with Crippen LogP contribution < -0.4 is 25.2 Å². The first-order valence-corrected chi connectivity index (χ1v) is 14.3. The molecule has 1 aliphatic carbocycles. The predicted octanol–water partition coefficient (Wildman–Crippen LogP) is 4.44. The lowest BCUT2D eigenvalue weighted by Gasteiger charge is -2.33. The molecule has 0 unspecified atom stereocenters. The molecule has 2 amide bonds. The van der Waals surface area contributed by atoms with Crippen molar-refractivity contribution in [1.82, 2.24) is 20.2 Å². The van der Waals surface area contributed by atoms with Crippen LogP contribution in [0.4, 0.5) is 23.1 Å². The van der Waals surface area contributed by atoms with E-state index in [4.69, 9.17) is 9.72 Å². The van der Waals surface area contributed by atoms with Crippen molar-refractivity contribution in [3.05, 3.63) is 30.0 Å². The standard InChI is InChI=1S/C30H45N7O3/c1-9-40-25-16-20(27(38)32-21-11-13-22(14-12-21)35(6)7)10-15-23(25)33-29-31-17-24-26(34-29)37(19(2)3)18-30(4,5)28(39)36(24)8/h10,15-17,19,21-22H,9,11-14,18H2,1-8H3,(H,32,38)(H,31,33,34). The summed E-state index contributed by atoms with van der Waals surface area (Å²) in [6.07, 6.45) is 5.82. The SMILES string of the molecule is CCOc1cc(C(=O)NC2CCC(N(C)C)CC2)ccc1Nc1ncc2c(n1)N(C(C)C)CC(C)(C)C(=O)N2C. The van der Waals surface area contributed by atoms with Gasteiger partial charge < -0.3 is 30.1 Å². The van der Waals surface area contributed by atoms with Gasteiger partial charge in [0.15, 0.2) is 5.82 Å². The first kappa shape index (κ1) is 29.6. The summed E-state index contributed by atoms with van der Waals surface area (Å²) < 4.78 is 5.91. The topological polar surface area (TPSA) is 103 Å². The molecule has 2 N–H and O–H groups in total. The summed E-state index contributed by atoms with van der Waals surface area (Å²) in [5, 5.41) is 6.49. The fraction of sp³-hybridized carbons (Fsp3) is 0.600. The minimum absolute atomic E-state index is 0.0273. The van der Waals surface area contributed by atoms with Crippen molar-refractivity contribution < 1.29 is 14.3 Å². The lowest BCUT2D eigenvalue weighted by Crippen LogP contribution is -2.44. The van der Waals surface area contributed by atoms with Gasteiger partial charge in [0.05, 0.1) is 23.9 Å². The highest BCUT2D eigenvalue weighted by molar-refractivity contribution is 6.01. The number of amides is 2. The summed E-state index contributed by atoms with van der Waals surface area (Å²) in [5.74, 6) is 1.58. The summed E-state index contributed by atoms with van der Waals surface area (Å²) in [6.45, 7) is 11.0. The molecule has 0 radical (unpaired) electrons. The first-order chi connectivity index (χ1) is 18.9. The van der Waals surface area contributed by atoms with Crippen LogP contribution in [0, 0.1) is 5.41 Å². The monoisotopic (exact) mass is 551 g/mol. The smallest absolute Gasteiger partial charge is 0.251 e. The number of carbonyl (C=O) groups excluding carboxylic acids is 2. The third-order valence-electron chi connectivity index (χ3n) is 8.01. The van der Waals surface area contributed by atoms with Crippen molar-refractivity contribution in [2.45, 2.75) is 78.4 Å². The highest BCUT2D eigenvalue weighted by atomic mass is 16.5. The Bertz CT molecular complexity index is 1220. The maximum atomic E-state index is 13.1. The van der Waals surface area contributed by atoms with Crippen LogP contribution in [0.3, 0.4) is 0 Å². The number of hydrogen-bond donors (Lipinski definition) is 2. The molecule has 0 saturated heterocycles. The fourth-order valence-electron chi connectivity index (χ4n) is 5.60. The van der Waals surface area contributed by atoms with Gasteiger partial charge in [0.1, 0.15) is 11.4 Å². The van der Waals surface area contributed by atoms with Crippen LogP contribution >= 0.6 is 0 Å². The van der Waals surface area contributed by atoms with Crippen molar-refractivity contribution in [2.75, 3.05) is 49.4 Å². The Morgan fingerprint density at radius 3 is 2.52 bits per heavy atom. The van der Waals surface area contributed by atoms with Crippen molar-refractivity contribution in [1.29, 1.82) is 0 Å². The molecule has 2 aliphatic rings. The Morgan fingerprint density at radius 2 is 1.90 bits per heavy atom. The number of fused-ring (bicyclic) bond motifs is 1. The van der Waals surface area contributed by atoms with Gasteiger partial charge in [-0.05, 0) is 92.6 Å². The van der Waals surface area contributed by atoms with Gasteiger partial charge in [-0.1, -0.05) is 0 Å². The van der Waals surface area contributed by atoms with Gasteiger partial charge in [-0.15, -0.1) is 0 Å². The molecular formula is C30H45N7O3. The summed E-state index contributed by atoms with van der Waals surface area (Å²) in [5.41, 5.74) is 1.32. The van der Waals surface area contributed by atoms with Gasteiger partial charge in [0.25, 0.3) is 5.91 Å². The highest BCUT2D eigenvalue weighted by Gasteiger charge is 2.39. The molecule has 10 heteroatoms. The average Bonchev–Trinajstić information content (AvgIpc) is 2.98. The Morgan fingerprint density at radius 1 is 1.20 bits per heavy atom. The molecule has 2 aromatic rings. The first-order valence-electron chi connectivity index (χ1n) is 14.3. The molecule has 1 aromatic carbocycles. The van der Waals surface area contributed by atoms with E-state index in [1.165, 1.54) is 0 Å². The zero-order valence-electron chi connectivity index (χ0n) is 25.2. The molecule has 0 atom stereocenters. The maximum Gasteiger partial charge on any atom is 0.251 e. The summed E-state index contributed by atoms with van der Waals surface area (Å²) in [4.78, 5) is 41.7. The molecule has 4 rings (SSSR count). The molecule has 218 valence electrons. The third kappa shape index (κ3) is 6.32. The van der Waals surface area contributed by atoms with Crippen LogP contribution in [0.2, 0.25) is 0 Å². The van der Waals surface area contributed by atoms with E-state index in [1.54, 1.807) is 30.3 Å². The molecule has 0 bridgehead atoms. The normalized spacial score (nSPS) is 20.8. The van der Waals surface area contributed by atoms with Crippen LogP contribution in [-0.4, -0.2) is 79.1 Å². The minimum atomic E-state index is -0.572. The second-order valence-electron chi connectivity index (χ2n) is 12.1. The average molecular weight is 552 g/mol. The van der Waals surface area contributed by atoms with Gasteiger partial charge in [-0.25, -0.2) is 4.98 Å². The van der Waals surface area contributed by atoms with Crippen LogP contribution in [0.25, 0.3) is 0 Å². The number of aromatic nitrogens is 2. The molecule has 1 saturated carbocycles. The Kier molecular flexibility index (Phi) is 8.87. The second-order valence-corrected chi connectivity index (χ2v) is 12.1. The number of benzene rings is 1. The molecular weight excluding hydrogens is 506 g/mol. The highest BCUT2D eigenvalue weighted by Crippen LogP contribution is 2.38. The van der Waals surface area contributed by atoms with E-state index in [0.717, 1.165) is 25.7 Å². The number of hydrogen-bond acceptors (Lipinski definition) is 8. The zero-order valence-corrected chi connectivity index (χ0v) is 25.2. The lowest BCUT2D eigenvalue weighted by atomic mass is 9.90. The number of nitrogens with one attached hydrogen (secondary N) is 2. The van der Waals surface area contributed by atoms with Crippen LogP contribution in [0.15, 0.2) is 24.4 Å². The van der Waals surface area contributed by atoms with Crippen molar-refractivity contribution in [2.24, 2.45) is 5.41 Å². The number of nitrogens with zero attached hydrogens (tertiary/aromatic N) is 5. The number of ether oxygens (including phenoxy) is 1. The van der Waals surface area contributed by atoms with E-state index in [9.17, 15) is 9.59 Å². The summed E-state index contributed by atoms with van der Waals surface area (Å²) in [7, 11) is 6.00. The number of anilines is 4. The lowest BCUT2D eigenvalue weighted by molar-refractivity contribution is -0.125. The second kappa shape index (κ2) is 12.0. The number of rotatable bonds is 8. The quantitative estimate of drug-likeness (QED) is 0.497. The minimum Gasteiger partial charge on any atom is -0.492 e. The van der Waals surface area contributed by atoms with E-state index >= 15 is 0 Å². The third-order valence-corrected chi connectivity index (χ3v) is 8.01. The molecule has 1 aromatic heterocycles. The molecule has 10 nitrogen and oxygen atoms in total. The zero-order chi connectivity index (χ0) is 29.2.